The molecule has 1 N–H and O–H groups in total. The highest BCUT2D eigenvalue weighted by Crippen LogP contribution is 2.39. The zero-order valence-corrected chi connectivity index (χ0v) is 14.9. The Morgan fingerprint density at radius 2 is 1.54 bits per heavy atom. The Bertz CT molecular complexity index is 968. The molecule has 1 aliphatic rings. The van der Waals surface area contributed by atoms with Crippen molar-refractivity contribution in [2.45, 2.75) is 22.6 Å². The Morgan fingerprint density at radius 1 is 0.846 bits per heavy atom. The van der Waals surface area contributed by atoms with Gasteiger partial charge in [0.15, 0.2) is 5.78 Å². The molecule has 0 saturated heterocycles. The first-order valence-electron chi connectivity index (χ1n) is 8.51. The Labute approximate surface area is 156 Å². The Kier molecular flexibility index (Phi) is 4.59. The summed E-state index contributed by atoms with van der Waals surface area (Å²) in [6, 6.07) is 23.0. The summed E-state index contributed by atoms with van der Waals surface area (Å²) < 4.78 is 0. The summed E-state index contributed by atoms with van der Waals surface area (Å²) in [5, 5.41) is 2.91. The second kappa shape index (κ2) is 7.18. The molecule has 0 saturated carbocycles. The Balaban J connectivity index is 1.66. The second-order valence-corrected chi connectivity index (χ2v) is 7.24. The third-order valence-electron chi connectivity index (χ3n) is 4.41. The average Bonchev–Trinajstić information content (AvgIpc) is 3.08. The van der Waals surface area contributed by atoms with Crippen molar-refractivity contribution in [2.75, 3.05) is 5.32 Å². The smallest absolute Gasteiger partial charge is 0.255 e. The van der Waals surface area contributed by atoms with E-state index in [0.717, 1.165) is 21.8 Å². The van der Waals surface area contributed by atoms with E-state index in [1.165, 1.54) is 0 Å². The molecule has 3 nitrogen and oxygen atoms in total. The topological polar surface area (TPSA) is 46.2 Å². The van der Waals surface area contributed by atoms with Crippen LogP contribution < -0.4 is 5.32 Å². The molecule has 0 aliphatic heterocycles. The molecule has 0 atom stereocenters. The number of Topliss-reactive ketones (excluding diaryl/α,β-unsaturated/α-hetero) is 1. The van der Waals surface area contributed by atoms with Gasteiger partial charge in [-0.05, 0) is 48.4 Å². The Morgan fingerprint density at radius 3 is 2.27 bits per heavy atom. The van der Waals surface area contributed by atoms with Crippen LogP contribution in [-0.4, -0.2) is 11.7 Å². The molecule has 128 valence electrons. The van der Waals surface area contributed by atoms with E-state index in [1.54, 1.807) is 23.9 Å². The van der Waals surface area contributed by atoms with Crippen molar-refractivity contribution >= 4 is 29.1 Å². The molecule has 0 radical (unpaired) electrons. The molecular weight excluding hydrogens is 342 g/mol. The molecule has 0 bridgehead atoms. The lowest BCUT2D eigenvalue weighted by Gasteiger charge is -2.13. The first-order chi connectivity index (χ1) is 12.7. The maximum absolute atomic E-state index is 12.5. The fourth-order valence-corrected chi connectivity index (χ4v) is 4.17. The van der Waals surface area contributed by atoms with Crippen LogP contribution in [0.5, 0.6) is 0 Å². The molecule has 4 heteroatoms. The van der Waals surface area contributed by atoms with Crippen molar-refractivity contribution in [3.05, 3.63) is 89.5 Å². The number of hydrogen-bond donors (Lipinski definition) is 1. The molecule has 3 aromatic carbocycles. The predicted molar refractivity (Wildman–Crippen MR) is 104 cm³/mol. The van der Waals surface area contributed by atoms with Crippen molar-refractivity contribution in [3.8, 4) is 0 Å². The van der Waals surface area contributed by atoms with E-state index < -0.39 is 0 Å². The number of carbonyl (C=O) groups excluding carboxylic acids is 2. The molecule has 4 rings (SSSR count). The van der Waals surface area contributed by atoms with Gasteiger partial charge in [0.05, 0.1) is 5.69 Å². The number of fused-ring (bicyclic) bond motifs is 1. The SMILES string of the molecule is O=C(Nc1ccc(Sc2ccccc2)c2c1C(=O)CC2)c1ccccc1. The summed E-state index contributed by atoms with van der Waals surface area (Å²) in [6.45, 7) is 0. The summed E-state index contributed by atoms with van der Waals surface area (Å²) >= 11 is 1.65. The van der Waals surface area contributed by atoms with Crippen molar-refractivity contribution in [2.24, 2.45) is 0 Å². The third-order valence-corrected chi connectivity index (χ3v) is 5.52. The van der Waals surface area contributed by atoms with E-state index in [4.69, 9.17) is 0 Å². The van der Waals surface area contributed by atoms with E-state index >= 15 is 0 Å². The lowest BCUT2D eigenvalue weighted by Crippen LogP contribution is -2.14. The standard InChI is InChI=1S/C22H17NO2S/c24-19-13-11-17-20(26-16-9-5-2-6-10-16)14-12-18(21(17)19)23-22(25)15-7-3-1-4-8-15/h1-10,12,14H,11,13H2,(H,23,25). The van der Waals surface area contributed by atoms with Crippen LogP contribution in [0.15, 0.2) is 82.6 Å². The van der Waals surface area contributed by atoms with Gasteiger partial charge in [0.2, 0.25) is 0 Å². The maximum atomic E-state index is 12.5. The van der Waals surface area contributed by atoms with Gasteiger partial charge < -0.3 is 5.32 Å². The number of benzene rings is 3. The molecule has 0 fully saturated rings. The van der Waals surface area contributed by atoms with Gasteiger partial charge >= 0.3 is 0 Å². The number of ketones is 1. The van der Waals surface area contributed by atoms with Crippen LogP contribution in [0.1, 0.15) is 32.7 Å². The quantitative estimate of drug-likeness (QED) is 0.695. The number of amides is 1. The van der Waals surface area contributed by atoms with Crippen LogP contribution in [0.25, 0.3) is 0 Å². The average molecular weight is 359 g/mol. The van der Waals surface area contributed by atoms with Gasteiger partial charge in [-0.15, -0.1) is 0 Å². The molecule has 0 spiro atoms. The minimum atomic E-state index is -0.198. The molecule has 1 aliphatic carbocycles. The van der Waals surface area contributed by atoms with E-state index in [1.807, 2.05) is 48.5 Å². The van der Waals surface area contributed by atoms with Crippen LogP contribution in [-0.2, 0) is 6.42 Å². The first-order valence-corrected chi connectivity index (χ1v) is 9.32. The lowest BCUT2D eigenvalue weighted by molar-refractivity contribution is 0.0995. The molecule has 3 aromatic rings. The molecule has 1 amide bonds. The van der Waals surface area contributed by atoms with Gasteiger partial charge in [0.1, 0.15) is 0 Å². The summed E-state index contributed by atoms with van der Waals surface area (Å²) in [7, 11) is 0. The lowest BCUT2D eigenvalue weighted by atomic mass is 10.1. The summed E-state index contributed by atoms with van der Waals surface area (Å²) in [6.07, 6.45) is 1.22. The van der Waals surface area contributed by atoms with Gasteiger partial charge in [-0.3, -0.25) is 9.59 Å². The van der Waals surface area contributed by atoms with Gasteiger partial charge in [-0.1, -0.05) is 48.2 Å². The molecule has 26 heavy (non-hydrogen) atoms. The van der Waals surface area contributed by atoms with E-state index in [9.17, 15) is 9.59 Å². The van der Waals surface area contributed by atoms with E-state index in [2.05, 4.69) is 17.4 Å². The zero-order chi connectivity index (χ0) is 17.9. The van der Waals surface area contributed by atoms with Crippen LogP contribution in [0.3, 0.4) is 0 Å². The highest BCUT2D eigenvalue weighted by atomic mass is 32.2. The summed E-state index contributed by atoms with van der Waals surface area (Å²) in [5.41, 5.74) is 2.88. The number of nitrogens with one attached hydrogen (secondary N) is 1. The summed E-state index contributed by atoms with van der Waals surface area (Å²) in [5.74, 6) is -0.102. The predicted octanol–water partition coefficient (Wildman–Crippen LogP) is 5.22. The number of hydrogen-bond acceptors (Lipinski definition) is 3. The summed E-state index contributed by atoms with van der Waals surface area (Å²) in [4.78, 5) is 27.1. The highest BCUT2D eigenvalue weighted by Gasteiger charge is 2.27. The van der Waals surface area contributed by atoms with E-state index in [0.29, 0.717) is 23.2 Å². The molecule has 0 unspecified atom stereocenters. The van der Waals surface area contributed by atoms with Gasteiger partial charge in [-0.2, -0.15) is 0 Å². The van der Waals surface area contributed by atoms with Crippen molar-refractivity contribution < 1.29 is 9.59 Å². The largest absolute Gasteiger partial charge is 0.321 e. The minimum Gasteiger partial charge on any atom is -0.321 e. The van der Waals surface area contributed by atoms with Crippen molar-refractivity contribution in [3.63, 3.8) is 0 Å². The fraction of sp³-hybridized carbons (Fsp3) is 0.0909. The number of rotatable bonds is 4. The van der Waals surface area contributed by atoms with Gasteiger partial charge in [0.25, 0.3) is 5.91 Å². The first kappa shape index (κ1) is 16.6. The Hall–Kier alpha value is -2.85. The molecular formula is C22H17NO2S. The second-order valence-electron chi connectivity index (χ2n) is 6.12. The maximum Gasteiger partial charge on any atom is 0.255 e. The van der Waals surface area contributed by atoms with Gasteiger partial charge in [0, 0.05) is 27.3 Å². The molecule has 0 aromatic heterocycles. The monoisotopic (exact) mass is 359 g/mol. The minimum absolute atomic E-state index is 0.0962. The number of anilines is 1. The van der Waals surface area contributed by atoms with Crippen LogP contribution >= 0.6 is 11.8 Å². The van der Waals surface area contributed by atoms with Gasteiger partial charge in [-0.25, -0.2) is 0 Å². The van der Waals surface area contributed by atoms with E-state index in [-0.39, 0.29) is 11.7 Å². The fourth-order valence-electron chi connectivity index (χ4n) is 3.16. The third kappa shape index (κ3) is 3.28. The highest BCUT2D eigenvalue weighted by molar-refractivity contribution is 7.99. The van der Waals surface area contributed by atoms with Crippen LogP contribution in [0.4, 0.5) is 5.69 Å². The molecule has 0 heterocycles. The van der Waals surface area contributed by atoms with Crippen LogP contribution in [0, 0.1) is 0 Å². The number of carbonyl (C=O) groups is 2. The van der Waals surface area contributed by atoms with Crippen molar-refractivity contribution in [1.82, 2.24) is 0 Å². The normalized spacial score (nSPS) is 12.7. The van der Waals surface area contributed by atoms with Crippen LogP contribution in [0.2, 0.25) is 0 Å². The van der Waals surface area contributed by atoms with Crippen molar-refractivity contribution in [1.29, 1.82) is 0 Å². The zero-order valence-electron chi connectivity index (χ0n) is 14.1.